The minimum atomic E-state index is -0.421. The van der Waals surface area contributed by atoms with Gasteiger partial charge in [0.15, 0.2) is 0 Å². The fraction of sp³-hybridized carbons (Fsp3) is 0.148. The highest BCUT2D eigenvalue weighted by Crippen LogP contribution is 2.26. The number of benzene rings is 3. The molecule has 0 unspecified atom stereocenters. The van der Waals surface area contributed by atoms with Crippen LogP contribution in [0.25, 0.3) is 16.9 Å². The molecule has 1 heterocycles. The largest absolute Gasteiger partial charge is 0.427 e. The van der Waals surface area contributed by atoms with Gasteiger partial charge in [-0.05, 0) is 60.2 Å². The fourth-order valence-electron chi connectivity index (χ4n) is 3.60. The number of carbonyl (C=O) groups excluding carboxylic acids is 2. The molecular weight excluding hydrogens is 452 g/mol. The Kier molecular flexibility index (Phi) is 7.30. The summed E-state index contributed by atoms with van der Waals surface area (Å²) in [6.45, 7) is 1.55. The van der Waals surface area contributed by atoms with Crippen molar-refractivity contribution < 1.29 is 23.1 Å². The average molecular weight is 475 g/mol. The first-order chi connectivity index (χ1) is 16.9. The van der Waals surface area contributed by atoms with Crippen LogP contribution in [-0.2, 0) is 22.6 Å². The van der Waals surface area contributed by atoms with E-state index in [1.165, 1.54) is 31.2 Å². The molecule has 0 aliphatic heterocycles. The SMILES string of the molecule is CC(=O)Oc1ccc(-n2nc(CCC(=O)NCc3cccc(F)c3)cc2-c2cccc(F)c2)cc1. The van der Waals surface area contributed by atoms with Gasteiger partial charge in [-0.2, -0.15) is 5.10 Å². The van der Waals surface area contributed by atoms with Crippen LogP contribution in [0.1, 0.15) is 24.6 Å². The van der Waals surface area contributed by atoms with Gasteiger partial charge in [-0.25, -0.2) is 13.5 Å². The van der Waals surface area contributed by atoms with Crippen LogP contribution in [-0.4, -0.2) is 21.7 Å². The first-order valence-corrected chi connectivity index (χ1v) is 11.0. The number of nitrogens with zero attached hydrogens (tertiary/aromatic N) is 2. The molecule has 1 aromatic heterocycles. The maximum Gasteiger partial charge on any atom is 0.308 e. The number of hydrogen-bond donors (Lipinski definition) is 1. The van der Waals surface area contributed by atoms with Crippen LogP contribution in [0.5, 0.6) is 5.75 Å². The fourth-order valence-corrected chi connectivity index (χ4v) is 3.60. The summed E-state index contributed by atoms with van der Waals surface area (Å²) in [6.07, 6.45) is 0.538. The number of halogens is 2. The summed E-state index contributed by atoms with van der Waals surface area (Å²) in [6, 6.07) is 20.8. The zero-order chi connectivity index (χ0) is 24.8. The zero-order valence-corrected chi connectivity index (χ0v) is 19.0. The number of ether oxygens (including phenoxy) is 1. The lowest BCUT2D eigenvalue weighted by molar-refractivity contribution is -0.131. The summed E-state index contributed by atoms with van der Waals surface area (Å²) in [5.41, 5.74) is 3.28. The topological polar surface area (TPSA) is 73.2 Å². The number of esters is 1. The maximum atomic E-state index is 13.9. The standard InChI is InChI=1S/C27H23F2N3O3/c1-18(33)35-25-11-9-24(10-12-25)32-26(20-5-3-7-22(29)15-20)16-23(31-32)8-13-27(34)30-17-19-4-2-6-21(28)14-19/h2-7,9-12,14-16H,8,13,17H2,1H3,(H,30,34). The Morgan fingerprint density at radius 2 is 1.66 bits per heavy atom. The molecule has 178 valence electrons. The summed E-state index contributed by atoms with van der Waals surface area (Å²) in [5, 5.41) is 7.42. The Balaban J connectivity index is 1.52. The van der Waals surface area contributed by atoms with Gasteiger partial charge in [0.1, 0.15) is 17.4 Å². The molecule has 0 aliphatic rings. The molecule has 35 heavy (non-hydrogen) atoms. The van der Waals surface area contributed by atoms with Gasteiger partial charge in [0.05, 0.1) is 17.1 Å². The molecule has 0 fully saturated rings. The molecule has 0 radical (unpaired) electrons. The molecule has 0 saturated heterocycles. The summed E-state index contributed by atoms with van der Waals surface area (Å²) in [4.78, 5) is 23.5. The minimum Gasteiger partial charge on any atom is -0.427 e. The van der Waals surface area contributed by atoms with Crippen LogP contribution in [0.2, 0.25) is 0 Å². The van der Waals surface area contributed by atoms with Gasteiger partial charge in [0, 0.05) is 31.9 Å². The Hall–Kier alpha value is -4.33. The van der Waals surface area contributed by atoms with Gasteiger partial charge in [0.25, 0.3) is 0 Å². The molecule has 0 aliphatic carbocycles. The van der Waals surface area contributed by atoms with E-state index >= 15 is 0 Å². The molecule has 1 amide bonds. The molecule has 0 saturated carbocycles. The third kappa shape index (κ3) is 6.38. The number of hydrogen-bond acceptors (Lipinski definition) is 4. The second-order valence-electron chi connectivity index (χ2n) is 7.94. The number of carbonyl (C=O) groups is 2. The number of aromatic nitrogens is 2. The van der Waals surface area contributed by atoms with Crippen LogP contribution in [0.3, 0.4) is 0 Å². The third-order valence-corrected chi connectivity index (χ3v) is 5.21. The highest BCUT2D eigenvalue weighted by Gasteiger charge is 2.14. The van der Waals surface area contributed by atoms with E-state index in [0.717, 1.165) is 0 Å². The Labute approximate surface area is 201 Å². The lowest BCUT2D eigenvalue weighted by Crippen LogP contribution is -2.23. The van der Waals surface area contributed by atoms with Gasteiger partial charge in [-0.1, -0.05) is 24.3 Å². The first kappa shape index (κ1) is 23.8. The predicted molar refractivity (Wildman–Crippen MR) is 127 cm³/mol. The zero-order valence-electron chi connectivity index (χ0n) is 19.0. The van der Waals surface area contributed by atoms with Crippen molar-refractivity contribution in [1.29, 1.82) is 0 Å². The first-order valence-electron chi connectivity index (χ1n) is 11.0. The van der Waals surface area contributed by atoms with E-state index in [1.54, 1.807) is 53.2 Å². The van der Waals surface area contributed by atoms with Crippen LogP contribution in [0, 0.1) is 11.6 Å². The van der Waals surface area contributed by atoms with E-state index < -0.39 is 5.97 Å². The van der Waals surface area contributed by atoms with E-state index in [0.29, 0.717) is 40.4 Å². The monoisotopic (exact) mass is 475 g/mol. The molecule has 3 aromatic carbocycles. The third-order valence-electron chi connectivity index (χ3n) is 5.21. The van der Waals surface area contributed by atoms with E-state index in [9.17, 15) is 18.4 Å². The van der Waals surface area contributed by atoms with Crippen molar-refractivity contribution in [3.05, 3.63) is 102 Å². The van der Waals surface area contributed by atoms with Crippen molar-refractivity contribution in [3.63, 3.8) is 0 Å². The van der Waals surface area contributed by atoms with Crippen molar-refractivity contribution in [3.8, 4) is 22.7 Å². The second-order valence-corrected chi connectivity index (χ2v) is 7.94. The van der Waals surface area contributed by atoms with Crippen LogP contribution < -0.4 is 10.1 Å². The van der Waals surface area contributed by atoms with E-state index in [4.69, 9.17) is 4.74 Å². The Morgan fingerprint density at radius 3 is 2.34 bits per heavy atom. The van der Waals surface area contributed by atoms with Gasteiger partial charge in [0.2, 0.25) is 5.91 Å². The number of rotatable bonds is 8. The van der Waals surface area contributed by atoms with E-state index in [2.05, 4.69) is 10.4 Å². The highest BCUT2D eigenvalue weighted by molar-refractivity contribution is 5.76. The summed E-state index contributed by atoms with van der Waals surface area (Å²) < 4.78 is 34.0. The van der Waals surface area contributed by atoms with Crippen molar-refractivity contribution in [1.82, 2.24) is 15.1 Å². The average Bonchev–Trinajstić information content (AvgIpc) is 3.26. The van der Waals surface area contributed by atoms with E-state index in [1.807, 2.05) is 6.07 Å². The molecular formula is C27H23F2N3O3. The van der Waals surface area contributed by atoms with Crippen molar-refractivity contribution in [2.75, 3.05) is 0 Å². The Morgan fingerprint density at radius 1 is 0.943 bits per heavy atom. The number of nitrogens with one attached hydrogen (secondary N) is 1. The number of amides is 1. The number of aryl methyl sites for hydroxylation is 1. The summed E-state index contributed by atoms with van der Waals surface area (Å²) >= 11 is 0. The van der Waals surface area contributed by atoms with Crippen LogP contribution in [0.4, 0.5) is 8.78 Å². The van der Waals surface area contributed by atoms with Crippen molar-refractivity contribution >= 4 is 11.9 Å². The Bertz CT molecular complexity index is 1350. The molecule has 0 spiro atoms. The lowest BCUT2D eigenvalue weighted by Gasteiger charge is -2.09. The molecule has 8 heteroatoms. The lowest BCUT2D eigenvalue weighted by atomic mass is 10.1. The summed E-state index contributed by atoms with van der Waals surface area (Å²) in [7, 11) is 0. The predicted octanol–water partition coefficient (Wildman–Crippen LogP) is 4.99. The van der Waals surface area contributed by atoms with Gasteiger partial charge in [-0.15, -0.1) is 0 Å². The maximum absolute atomic E-state index is 13.9. The highest BCUT2D eigenvalue weighted by atomic mass is 19.1. The molecule has 4 rings (SSSR count). The van der Waals surface area contributed by atoms with Crippen LogP contribution in [0.15, 0.2) is 78.9 Å². The normalized spacial score (nSPS) is 10.7. The quantitative estimate of drug-likeness (QED) is 0.288. The second kappa shape index (κ2) is 10.7. The molecule has 0 atom stereocenters. The smallest absolute Gasteiger partial charge is 0.308 e. The van der Waals surface area contributed by atoms with Crippen LogP contribution >= 0.6 is 0 Å². The molecule has 6 nitrogen and oxygen atoms in total. The van der Waals surface area contributed by atoms with Gasteiger partial charge < -0.3 is 10.1 Å². The van der Waals surface area contributed by atoms with E-state index in [-0.39, 0.29) is 30.5 Å². The summed E-state index contributed by atoms with van der Waals surface area (Å²) in [5.74, 6) is -0.945. The molecule has 4 aromatic rings. The molecule has 1 N–H and O–H groups in total. The molecule has 0 bridgehead atoms. The van der Waals surface area contributed by atoms with Crippen molar-refractivity contribution in [2.45, 2.75) is 26.3 Å². The van der Waals surface area contributed by atoms with Crippen molar-refractivity contribution in [2.24, 2.45) is 0 Å². The van der Waals surface area contributed by atoms with Gasteiger partial charge in [-0.3, -0.25) is 9.59 Å². The van der Waals surface area contributed by atoms with Gasteiger partial charge >= 0.3 is 5.97 Å². The minimum absolute atomic E-state index is 0.181.